The maximum Gasteiger partial charge on any atom is 0.446 e. The van der Waals surface area contributed by atoms with Gasteiger partial charge in [0.25, 0.3) is 0 Å². The predicted octanol–water partition coefficient (Wildman–Crippen LogP) is 2.69. The van der Waals surface area contributed by atoms with Gasteiger partial charge in [-0.25, -0.2) is 9.59 Å². The van der Waals surface area contributed by atoms with Gasteiger partial charge in [0.15, 0.2) is 0 Å². The van der Waals surface area contributed by atoms with Gasteiger partial charge in [-0.2, -0.15) is 5.01 Å². The first-order chi connectivity index (χ1) is 9.49. The van der Waals surface area contributed by atoms with E-state index in [-0.39, 0.29) is 0 Å². The zero-order valence-electron chi connectivity index (χ0n) is 13.8. The molecule has 0 aliphatic carbocycles. The van der Waals surface area contributed by atoms with Crippen LogP contribution in [0.1, 0.15) is 54.4 Å². The quantitative estimate of drug-likeness (QED) is 0.689. The lowest BCUT2D eigenvalue weighted by Crippen LogP contribution is -2.55. The van der Waals surface area contributed by atoms with E-state index in [2.05, 4.69) is 5.43 Å². The average molecular weight is 300 g/mol. The van der Waals surface area contributed by atoms with Gasteiger partial charge in [0.2, 0.25) is 0 Å². The van der Waals surface area contributed by atoms with Crippen LogP contribution in [0.2, 0.25) is 0 Å². The monoisotopic (exact) mass is 300 g/mol. The molecule has 0 atom stereocenters. The number of nitrogens with zero attached hydrogens (tertiary/aromatic N) is 3. The van der Waals surface area contributed by atoms with E-state index >= 15 is 0 Å². The van der Waals surface area contributed by atoms with Gasteiger partial charge >= 0.3 is 12.2 Å². The van der Waals surface area contributed by atoms with Crippen molar-refractivity contribution in [2.45, 2.75) is 65.6 Å². The van der Waals surface area contributed by atoms with Gasteiger partial charge in [-0.1, -0.05) is 0 Å². The second-order valence-corrected chi connectivity index (χ2v) is 6.95. The number of hydrogen-bond donors (Lipinski definition) is 0. The summed E-state index contributed by atoms with van der Waals surface area (Å²) in [5, 5.41) is 2.19. The number of ether oxygens (including phenoxy) is 2. The smallest absolute Gasteiger partial charge is 0.442 e. The largest absolute Gasteiger partial charge is 0.446 e. The molecule has 0 aromatic rings. The van der Waals surface area contributed by atoms with E-state index in [0.29, 0.717) is 13.1 Å². The van der Waals surface area contributed by atoms with Crippen molar-refractivity contribution in [1.82, 2.24) is 15.6 Å². The fourth-order valence-corrected chi connectivity index (χ4v) is 1.65. The molecule has 1 radical (unpaired) electrons. The first-order valence-corrected chi connectivity index (χ1v) is 7.20. The minimum absolute atomic E-state index is 0.373. The summed E-state index contributed by atoms with van der Waals surface area (Å²) in [6.45, 7) is 11.5. The summed E-state index contributed by atoms with van der Waals surface area (Å²) >= 11 is 0. The Kier molecular flexibility index (Phi) is 5.44. The molecule has 0 aromatic heterocycles. The summed E-state index contributed by atoms with van der Waals surface area (Å²) < 4.78 is 10.6. The Morgan fingerprint density at radius 3 is 1.95 bits per heavy atom. The molecule has 1 aliphatic heterocycles. The molecule has 0 spiro atoms. The summed E-state index contributed by atoms with van der Waals surface area (Å²) in [4.78, 5) is 24.4. The Labute approximate surface area is 126 Å². The van der Waals surface area contributed by atoms with Crippen LogP contribution in [0.3, 0.4) is 0 Å². The zero-order chi connectivity index (χ0) is 16.3. The second-order valence-electron chi connectivity index (χ2n) is 6.95. The molecule has 0 N–H and O–H groups in total. The molecule has 2 amide bonds. The molecule has 21 heavy (non-hydrogen) atoms. The highest BCUT2D eigenvalue weighted by Gasteiger charge is 2.34. The minimum atomic E-state index is -0.671. The number of hydrazine groups is 1. The van der Waals surface area contributed by atoms with Gasteiger partial charge in [-0.15, -0.1) is 10.5 Å². The van der Waals surface area contributed by atoms with E-state index in [1.165, 1.54) is 5.01 Å². The Morgan fingerprint density at radius 1 is 0.905 bits per heavy atom. The van der Waals surface area contributed by atoms with E-state index in [1.54, 1.807) is 41.5 Å². The summed E-state index contributed by atoms with van der Waals surface area (Å²) in [5.41, 5.74) is 2.83. The lowest BCUT2D eigenvalue weighted by atomic mass is 10.2. The van der Waals surface area contributed by atoms with Crippen LogP contribution >= 0.6 is 0 Å². The minimum Gasteiger partial charge on any atom is -0.442 e. The Morgan fingerprint density at radius 2 is 1.43 bits per heavy atom. The van der Waals surface area contributed by atoms with Crippen LogP contribution in [0.5, 0.6) is 0 Å². The van der Waals surface area contributed by atoms with Crippen LogP contribution in [0.15, 0.2) is 0 Å². The molecule has 1 heterocycles. The molecule has 7 heteroatoms. The van der Waals surface area contributed by atoms with Crippen molar-refractivity contribution < 1.29 is 19.1 Å². The van der Waals surface area contributed by atoms with E-state index in [0.717, 1.165) is 18.0 Å². The van der Waals surface area contributed by atoms with E-state index < -0.39 is 23.4 Å². The molecule has 121 valence electrons. The molecule has 0 unspecified atom stereocenters. The van der Waals surface area contributed by atoms with Gasteiger partial charge in [0, 0.05) is 13.1 Å². The SMILES string of the molecule is CC(C)(C)OC(=O)N1CCCC[N]N1C(=O)OC(C)(C)C. The number of rotatable bonds is 0. The van der Waals surface area contributed by atoms with Gasteiger partial charge < -0.3 is 9.47 Å². The lowest BCUT2D eigenvalue weighted by Gasteiger charge is -2.33. The molecule has 1 fully saturated rings. The predicted molar refractivity (Wildman–Crippen MR) is 77.2 cm³/mol. The van der Waals surface area contributed by atoms with E-state index in [1.807, 2.05) is 0 Å². The average Bonchev–Trinajstić information content (AvgIpc) is 2.48. The van der Waals surface area contributed by atoms with Crippen LogP contribution in [0.4, 0.5) is 9.59 Å². The van der Waals surface area contributed by atoms with Gasteiger partial charge in [0.05, 0.1) is 0 Å². The standard InChI is InChI=1S/C14H26N3O4/c1-13(2,3)20-11(18)16-10-8-7-9-15-17(16)12(19)21-14(4,5)6/h7-10H2,1-6H3. The topological polar surface area (TPSA) is 73.2 Å². The number of carbonyl (C=O) groups is 2. The first-order valence-electron chi connectivity index (χ1n) is 7.20. The molecular weight excluding hydrogens is 274 g/mol. The van der Waals surface area contributed by atoms with Crippen molar-refractivity contribution in [3.05, 3.63) is 0 Å². The maximum atomic E-state index is 12.2. The number of carbonyl (C=O) groups excluding carboxylic acids is 2. The van der Waals surface area contributed by atoms with Crippen molar-refractivity contribution in [2.24, 2.45) is 0 Å². The summed E-state index contributed by atoms with van der Waals surface area (Å²) in [6.07, 6.45) is 0.287. The zero-order valence-corrected chi connectivity index (χ0v) is 13.8. The van der Waals surface area contributed by atoms with Crippen molar-refractivity contribution in [1.29, 1.82) is 0 Å². The molecule has 0 bridgehead atoms. The van der Waals surface area contributed by atoms with E-state index in [4.69, 9.17) is 9.47 Å². The molecule has 1 aliphatic rings. The van der Waals surface area contributed by atoms with Crippen LogP contribution in [-0.4, -0.2) is 46.6 Å². The fourth-order valence-electron chi connectivity index (χ4n) is 1.65. The van der Waals surface area contributed by atoms with Crippen LogP contribution < -0.4 is 5.43 Å². The van der Waals surface area contributed by atoms with Crippen molar-refractivity contribution >= 4 is 12.2 Å². The first kappa shape index (κ1) is 17.6. The summed E-state index contributed by atoms with van der Waals surface area (Å²) in [6, 6.07) is 0. The highest BCUT2D eigenvalue weighted by atomic mass is 16.6. The Bertz CT molecular complexity index is 349. The molecule has 0 aromatic carbocycles. The van der Waals surface area contributed by atoms with Gasteiger partial charge in [-0.3, -0.25) is 0 Å². The molecule has 1 rings (SSSR count). The van der Waals surface area contributed by atoms with Crippen LogP contribution in [0, 0.1) is 0 Å². The summed E-state index contributed by atoms with van der Waals surface area (Å²) in [7, 11) is 0. The van der Waals surface area contributed by atoms with Gasteiger partial charge in [-0.05, 0) is 54.4 Å². The number of hydrogen-bond acceptors (Lipinski definition) is 4. The normalized spacial score (nSPS) is 17.2. The molecular formula is C14H26N3O4. The molecule has 1 saturated heterocycles. The fraction of sp³-hybridized carbons (Fsp3) is 0.857. The lowest BCUT2D eigenvalue weighted by molar-refractivity contribution is -0.0807. The Hall–Kier alpha value is -1.50. The highest BCUT2D eigenvalue weighted by Crippen LogP contribution is 2.17. The third-order valence-electron chi connectivity index (χ3n) is 2.40. The van der Waals surface area contributed by atoms with Crippen LogP contribution in [-0.2, 0) is 9.47 Å². The molecule has 0 saturated carbocycles. The van der Waals surface area contributed by atoms with Crippen molar-refractivity contribution in [3.63, 3.8) is 0 Å². The second kappa shape index (κ2) is 6.51. The maximum absolute atomic E-state index is 12.2. The third-order valence-corrected chi connectivity index (χ3v) is 2.40. The highest BCUT2D eigenvalue weighted by molar-refractivity contribution is 5.74. The van der Waals surface area contributed by atoms with Gasteiger partial charge in [0.1, 0.15) is 11.2 Å². The van der Waals surface area contributed by atoms with E-state index in [9.17, 15) is 9.59 Å². The van der Waals surface area contributed by atoms with Crippen LogP contribution in [0.25, 0.3) is 0 Å². The third kappa shape index (κ3) is 6.20. The number of amides is 2. The Balaban J connectivity index is 2.85. The summed E-state index contributed by atoms with van der Waals surface area (Å²) in [5.74, 6) is 0. The van der Waals surface area contributed by atoms with Crippen molar-refractivity contribution in [2.75, 3.05) is 13.1 Å². The molecule has 7 nitrogen and oxygen atoms in total. The van der Waals surface area contributed by atoms with Crippen molar-refractivity contribution in [3.8, 4) is 0 Å².